The molecule has 0 aliphatic rings. The highest BCUT2D eigenvalue weighted by atomic mass is 79.9. The number of esters is 1. The van der Waals surface area contributed by atoms with E-state index < -0.39 is 12.4 Å². The largest absolute Gasteiger partial charge is 0.469 e. The lowest BCUT2D eigenvalue weighted by molar-refractivity contribution is -0.139. The van der Waals surface area contributed by atoms with Crippen LogP contribution in [0.2, 0.25) is 0 Å². The molecule has 0 saturated heterocycles. The van der Waals surface area contributed by atoms with Gasteiger partial charge in [-0.2, -0.15) is 0 Å². The monoisotopic (exact) mass is 371 g/mol. The first kappa shape index (κ1) is 14.5. The molecule has 3 nitrogen and oxygen atoms in total. The van der Waals surface area contributed by atoms with Crippen molar-refractivity contribution in [2.24, 2.45) is 0 Å². The van der Waals surface area contributed by atoms with Gasteiger partial charge in [-0.25, -0.2) is 8.78 Å². The normalized spacial score (nSPS) is 10.7. The first-order valence-corrected chi connectivity index (χ1v) is 6.49. The summed E-state index contributed by atoms with van der Waals surface area (Å²) in [5.41, 5.74) is 0.583. The first-order valence-electron chi connectivity index (χ1n) is 4.58. The van der Waals surface area contributed by atoms with Gasteiger partial charge in [-0.15, -0.1) is 0 Å². The molecule has 0 aliphatic carbocycles. The quantitative estimate of drug-likeness (QED) is 0.600. The number of carbonyl (C=O) groups excluding carboxylic acids is 1. The number of aromatic nitrogens is 1. The summed E-state index contributed by atoms with van der Waals surface area (Å²) in [6.07, 6.45) is -1.39. The molecule has 1 heterocycles. The van der Waals surface area contributed by atoms with Gasteiger partial charge in [-0.3, -0.25) is 9.78 Å². The SMILES string of the molecule is COC(=O)Cc1cnc(C(F)F)c(CBr)c1Br. The Hall–Kier alpha value is -0.560. The van der Waals surface area contributed by atoms with Gasteiger partial charge in [0.25, 0.3) is 6.43 Å². The van der Waals surface area contributed by atoms with Gasteiger partial charge < -0.3 is 4.74 Å². The van der Waals surface area contributed by atoms with Crippen molar-refractivity contribution in [1.29, 1.82) is 0 Å². The zero-order valence-corrected chi connectivity index (χ0v) is 12.0. The maximum Gasteiger partial charge on any atom is 0.310 e. The van der Waals surface area contributed by atoms with Crippen molar-refractivity contribution in [3.05, 3.63) is 27.5 Å². The highest BCUT2D eigenvalue weighted by molar-refractivity contribution is 9.10. The highest BCUT2D eigenvalue weighted by Crippen LogP contribution is 2.31. The highest BCUT2D eigenvalue weighted by Gasteiger charge is 2.19. The zero-order valence-electron chi connectivity index (χ0n) is 8.84. The van der Waals surface area contributed by atoms with Crippen LogP contribution in [-0.2, 0) is 21.3 Å². The number of halogens is 4. The smallest absolute Gasteiger partial charge is 0.310 e. The molecular weight excluding hydrogens is 364 g/mol. The van der Waals surface area contributed by atoms with Crippen molar-refractivity contribution in [2.75, 3.05) is 7.11 Å². The zero-order chi connectivity index (χ0) is 13.0. The molecule has 1 rings (SSSR count). The van der Waals surface area contributed by atoms with Crippen molar-refractivity contribution in [3.63, 3.8) is 0 Å². The summed E-state index contributed by atoms with van der Waals surface area (Å²) in [4.78, 5) is 14.8. The molecule has 0 radical (unpaired) electrons. The summed E-state index contributed by atoms with van der Waals surface area (Å²) >= 11 is 6.33. The third-order valence-electron chi connectivity index (χ3n) is 2.12. The Kier molecular flexibility index (Phi) is 5.45. The van der Waals surface area contributed by atoms with E-state index in [-0.39, 0.29) is 17.4 Å². The molecule has 7 heteroatoms. The molecule has 0 bridgehead atoms. The summed E-state index contributed by atoms with van der Waals surface area (Å²) in [5, 5.41) is 0.231. The molecular formula is C10H9Br2F2NO2. The Labute approximate surface area is 114 Å². The molecule has 0 spiro atoms. The molecule has 0 unspecified atom stereocenters. The van der Waals surface area contributed by atoms with E-state index in [2.05, 4.69) is 41.6 Å². The van der Waals surface area contributed by atoms with Crippen LogP contribution >= 0.6 is 31.9 Å². The van der Waals surface area contributed by atoms with Crippen LogP contribution in [0.4, 0.5) is 8.78 Å². The summed E-state index contributed by atoms with van der Waals surface area (Å²) in [6.45, 7) is 0. The van der Waals surface area contributed by atoms with Crippen LogP contribution in [-0.4, -0.2) is 18.1 Å². The van der Waals surface area contributed by atoms with Gasteiger partial charge in [0.1, 0.15) is 5.69 Å². The maximum absolute atomic E-state index is 12.7. The predicted octanol–water partition coefficient (Wildman–Crippen LogP) is 3.39. The van der Waals surface area contributed by atoms with E-state index in [1.807, 2.05) is 0 Å². The van der Waals surface area contributed by atoms with Crippen LogP contribution < -0.4 is 0 Å². The molecule has 0 atom stereocenters. The van der Waals surface area contributed by atoms with E-state index in [0.717, 1.165) is 0 Å². The Morgan fingerprint density at radius 3 is 2.71 bits per heavy atom. The fourth-order valence-corrected chi connectivity index (χ4v) is 2.78. The van der Waals surface area contributed by atoms with E-state index in [1.54, 1.807) is 0 Å². The van der Waals surface area contributed by atoms with Crippen molar-refractivity contribution >= 4 is 37.8 Å². The number of alkyl halides is 3. The summed E-state index contributed by atoms with van der Waals surface area (Å²) in [7, 11) is 1.27. The van der Waals surface area contributed by atoms with Crippen LogP contribution in [0.5, 0.6) is 0 Å². The molecule has 1 aromatic heterocycles. The molecule has 94 valence electrons. The van der Waals surface area contributed by atoms with Crippen molar-refractivity contribution in [2.45, 2.75) is 18.2 Å². The van der Waals surface area contributed by atoms with E-state index in [9.17, 15) is 13.6 Å². The van der Waals surface area contributed by atoms with E-state index >= 15 is 0 Å². The van der Waals surface area contributed by atoms with Gasteiger partial charge in [0.15, 0.2) is 0 Å². The summed E-state index contributed by atoms with van der Waals surface area (Å²) in [6, 6.07) is 0. The first-order chi connectivity index (χ1) is 8.01. The van der Waals surface area contributed by atoms with E-state index in [1.165, 1.54) is 13.3 Å². The lowest BCUT2D eigenvalue weighted by Gasteiger charge is -2.11. The minimum Gasteiger partial charge on any atom is -0.469 e. The topological polar surface area (TPSA) is 39.2 Å². The van der Waals surface area contributed by atoms with Crippen molar-refractivity contribution in [1.82, 2.24) is 4.98 Å². The second kappa shape index (κ2) is 6.39. The minimum absolute atomic E-state index is 0.00635. The van der Waals surface area contributed by atoms with E-state index in [0.29, 0.717) is 15.6 Å². The number of hydrogen-bond acceptors (Lipinski definition) is 3. The van der Waals surface area contributed by atoms with E-state index in [4.69, 9.17) is 0 Å². The van der Waals surface area contributed by atoms with Crippen LogP contribution in [0.1, 0.15) is 23.2 Å². The number of methoxy groups -OCH3 is 1. The van der Waals surface area contributed by atoms with Crippen molar-refractivity contribution < 1.29 is 18.3 Å². The Bertz CT molecular complexity index is 427. The lowest BCUT2D eigenvalue weighted by atomic mass is 10.1. The molecule has 0 aliphatic heterocycles. The molecule has 0 aromatic carbocycles. The third kappa shape index (κ3) is 3.45. The van der Waals surface area contributed by atoms with Gasteiger partial charge in [-0.05, 0) is 5.56 Å². The van der Waals surface area contributed by atoms with Crippen LogP contribution in [0.3, 0.4) is 0 Å². The molecule has 17 heavy (non-hydrogen) atoms. The Balaban J connectivity index is 3.15. The van der Waals surface area contributed by atoms with Gasteiger partial charge in [0, 0.05) is 21.6 Å². The van der Waals surface area contributed by atoms with Gasteiger partial charge in [-0.1, -0.05) is 31.9 Å². The molecule has 0 N–H and O–H groups in total. The van der Waals surface area contributed by atoms with Gasteiger partial charge in [0.2, 0.25) is 0 Å². The number of nitrogens with zero attached hydrogens (tertiary/aromatic N) is 1. The predicted molar refractivity (Wildman–Crippen MR) is 65.2 cm³/mol. The summed E-state index contributed by atoms with van der Waals surface area (Å²) in [5.74, 6) is -0.446. The average Bonchev–Trinajstić information content (AvgIpc) is 2.30. The molecule has 0 fully saturated rings. The second-order valence-electron chi connectivity index (χ2n) is 3.15. The number of carbonyl (C=O) groups is 1. The second-order valence-corrected chi connectivity index (χ2v) is 4.50. The molecule has 1 aromatic rings. The number of pyridine rings is 1. The fraction of sp³-hybridized carbons (Fsp3) is 0.400. The average molecular weight is 373 g/mol. The third-order valence-corrected chi connectivity index (χ3v) is 3.67. The number of ether oxygens (including phenoxy) is 1. The van der Waals surface area contributed by atoms with Crippen molar-refractivity contribution in [3.8, 4) is 0 Å². The maximum atomic E-state index is 12.7. The molecule has 0 amide bonds. The van der Waals surface area contributed by atoms with Crippen LogP contribution in [0, 0.1) is 0 Å². The summed E-state index contributed by atoms with van der Waals surface area (Å²) < 4.78 is 30.3. The number of hydrogen-bond donors (Lipinski definition) is 0. The number of rotatable bonds is 4. The van der Waals surface area contributed by atoms with Gasteiger partial charge >= 0.3 is 5.97 Å². The standard InChI is InChI=1S/C10H9Br2F2NO2/c1-17-7(16)2-5-4-15-9(10(13)14)6(3-11)8(5)12/h4,10H,2-3H2,1H3. The van der Waals surface area contributed by atoms with Crippen LogP contribution in [0.25, 0.3) is 0 Å². The van der Waals surface area contributed by atoms with Crippen LogP contribution in [0.15, 0.2) is 10.7 Å². The lowest BCUT2D eigenvalue weighted by Crippen LogP contribution is -2.08. The Morgan fingerprint density at radius 1 is 1.59 bits per heavy atom. The molecule has 0 saturated carbocycles. The fourth-order valence-electron chi connectivity index (χ4n) is 1.25. The Morgan fingerprint density at radius 2 is 2.24 bits per heavy atom. The minimum atomic E-state index is -2.65. The van der Waals surface area contributed by atoms with Gasteiger partial charge in [0.05, 0.1) is 13.5 Å².